The molecule has 8 nitrogen and oxygen atoms in total. The summed E-state index contributed by atoms with van der Waals surface area (Å²) in [6.45, 7) is -0.143. The van der Waals surface area contributed by atoms with Crippen LogP contribution < -0.4 is 5.63 Å². The monoisotopic (exact) mass is 411 g/mol. The number of phenolic OH excluding ortho intramolecular Hbond substituents is 3. The molecule has 0 saturated carbocycles. The van der Waals surface area contributed by atoms with Gasteiger partial charge < -0.3 is 19.7 Å². The standard InChI is InChI=1S/C20H13NO7S/c22-12-2-3-13-11(7-18(25)28-16(13)8-12)9-21-19(26)17(29-20(21)27)6-10-1-4-14(23)15(24)5-10/h1-8,22-24H,9H2/b17-6-. The Kier molecular flexibility index (Phi) is 4.51. The van der Waals surface area contributed by atoms with Crippen LogP contribution in [-0.2, 0) is 11.3 Å². The zero-order valence-electron chi connectivity index (χ0n) is 14.7. The molecule has 1 aliphatic heterocycles. The predicted octanol–water partition coefficient (Wildman–Crippen LogP) is 3.15. The van der Waals surface area contributed by atoms with Crippen molar-refractivity contribution in [3.8, 4) is 17.2 Å². The summed E-state index contributed by atoms with van der Waals surface area (Å²) in [5.74, 6) is -1.27. The highest BCUT2D eigenvalue weighted by atomic mass is 32.2. The lowest BCUT2D eigenvalue weighted by Gasteiger charge is -2.13. The van der Waals surface area contributed by atoms with Crippen LogP contribution in [0.5, 0.6) is 17.2 Å². The topological polar surface area (TPSA) is 128 Å². The van der Waals surface area contributed by atoms with Crippen LogP contribution in [0.1, 0.15) is 11.1 Å². The van der Waals surface area contributed by atoms with Crippen LogP contribution in [0.15, 0.2) is 56.6 Å². The van der Waals surface area contributed by atoms with Crippen molar-refractivity contribution in [3.05, 3.63) is 68.9 Å². The normalized spacial score (nSPS) is 15.6. The van der Waals surface area contributed by atoms with Gasteiger partial charge in [-0.15, -0.1) is 0 Å². The van der Waals surface area contributed by atoms with E-state index in [1.54, 1.807) is 0 Å². The van der Waals surface area contributed by atoms with E-state index in [0.29, 0.717) is 16.5 Å². The van der Waals surface area contributed by atoms with Crippen molar-refractivity contribution in [1.82, 2.24) is 4.90 Å². The SMILES string of the molecule is O=C1S/C(=C\c2ccc(O)c(O)c2)C(=O)N1Cc1cc(=O)oc2cc(O)ccc12. The van der Waals surface area contributed by atoms with Gasteiger partial charge in [0.2, 0.25) is 0 Å². The van der Waals surface area contributed by atoms with E-state index in [0.717, 1.165) is 16.7 Å². The second-order valence-electron chi connectivity index (χ2n) is 6.29. The average Bonchev–Trinajstić information content (AvgIpc) is 2.91. The highest BCUT2D eigenvalue weighted by Gasteiger charge is 2.35. The van der Waals surface area contributed by atoms with Crippen molar-refractivity contribution in [3.63, 3.8) is 0 Å². The molecule has 1 saturated heterocycles. The number of thioether (sulfide) groups is 1. The minimum absolute atomic E-state index is 0.0796. The number of hydrogen-bond donors (Lipinski definition) is 3. The Morgan fingerprint density at radius 3 is 2.52 bits per heavy atom. The van der Waals surface area contributed by atoms with Crippen LogP contribution >= 0.6 is 11.8 Å². The number of carbonyl (C=O) groups excluding carboxylic acids is 2. The zero-order chi connectivity index (χ0) is 20.7. The number of fused-ring (bicyclic) bond motifs is 1. The van der Waals surface area contributed by atoms with Gasteiger partial charge in [-0.05, 0) is 53.2 Å². The van der Waals surface area contributed by atoms with Crippen molar-refractivity contribution >= 4 is 40.0 Å². The number of amides is 2. The van der Waals surface area contributed by atoms with Crippen LogP contribution in [0, 0.1) is 0 Å². The number of benzene rings is 2. The summed E-state index contributed by atoms with van der Waals surface area (Å²) in [7, 11) is 0. The molecule has 29 heavy (non-hydrogen) atoms. The Bertz CT molecular complexity index is 1260. The number of hydrogen-bond acceptors (Lipinski definition) is 8. The largest absolute Gasteiger partial charge is 0.508 e. The van der Waals surface area contributed by atoms with Gasteiger partial charge in [-0.2, -0.15) is 0 Å². The van der Waals surface area contributed by atoms with E-state index < -0.39 is 16.8 Å². The molecule has 1 fully saturated rings. The smallest absolute Gasteiger partial charge is 0.336 e. The van der Waals surface area contributed by atoms with E-state index in [-0.39, 0.29) is 34.3 Å². The first-order chi connectivity index (χ1) is 13.8. The van der Waals surface area contributed by atoms with Crippen molar-refractivity contribution in [1.29, 1.82) is 0 Å². The quantitative estimate of drug-likeness (QED) is 0.341. The minimum Gasteiger partial charge on any atom is -0.508 e. The summed E-state index contributed by atoms with van der Waals surface area (Å²) in [6, 6.07) is 9.47. The summed E-state index contributed by atoms with van der Waals surface area (Å²) in [6.07, 6.45) is 1.43. The number of imide groups is 1. The highest BCUT2D eigenvalue weighted by molar-refractivity contribution is 8.18. The van der Waals surface area contributed by atoms with Gasteiger partial charge in [-0.25, -0.2) is 4.79 Å². The fourth-order valence-corrected chi connectivity index (χ4v) is 3.78. The van der Waals surface area contributed by atoms with Crippen LogP contribution in [0.25, 0.3) is 17.0 Å². The third kappa shape index (κ3) is 3.55. The van der Waals surface area contributed by atoms with Gasteiger partial charge in [0.25, 0.3) is 11.1 Å². The molecule has 0 unspecified atom stereocenters. The molecule has 1 aromatic heterocycles. The minimum atomic E-state index is -0.666. The van der Waals surface area contributed by atoms with Gasteiger partial charge in [0.15, 0.2) is 11.5 Å². The third-order valence-electron chi connectivity index (χ3n) is 4.31. The van der Waals surface area contributed by atoms with Crippen molar-refractivity contribution in [2.24, 2.45) is 0 Å². The lowest BCUT2D eigenvalue weighted by atomic mass is 10.1. The van der Waals surface area contributed by atoms with Crippen LogP contribution in [-0.4, -0.2) is 31.4 Å². The Hall–Kier alpha value is -3.72. The Balaban J connectivity index is 1.67. The fourth-order valence-electron chi connectivity index (χ4n) is 2.94. The number of nitrogens with zero attached hydrogens (tertiary/aromatic N) is 1. The van der Waals surface area contributed by atoms with Gasteiger partial charge >= 0.3 is 5.63 Å². The second kappa shape index (κ2) is 7.02. The zero-order valence-corrected chi connectivity index (χ0v) is 15.5. The first-order valence-corrected chi connectivity index (χ1v) is 9.16. The van der Waals surface area contributed by atoms with E-state index in [1.807, 2.05) is 0 Å². The third-order valence-corrected chi connectivity index (χ3v) is 5.22. The predicted molar refractivity (Wildman–Crippen MR) is 105 cm³/mol. The lowest BCUT2D eigenvalue weighted by Crippen LogP contribution is -2.28. The summed E-state index contributed by atoms with van der Waals surface area (Å²) in [5, 5.41) is 28.5. The number of rotatable bonds is 3. The first-order valence-electron chi connectivity index (χ1n) is 8.35. The van der Waals surface area contributed by atoms with Crippen molar-refractivity contribution in [2.45, 2.75) is 6.54 Å². The fraction of sp³-hybridized carbons (Fsp3) is 0.0500. The molecule has 3 N–H and O–H groups in total. The summed E-state index contributed by atoms with van der Waals surface area (Å²) in [5.41, 5.74) is 0.323. The number of phenols is 3. The Morgan fingerprint density at radius 2 is 1.76 bits per heavy atom. The van der Waals surface area contributed by atoms with Crippen LogP contribution in [0.2, 0.25) is 0 Å². The van der Waals surface area contributed by atoms with Gasteiger partial charge in [0.05, 0.1) is 11.4 Å². The maximum atomic E-state index is 12.7. The van der Waals surface area contributed by atoms with E-state index in [9.17, 15) is 29.7 Å². The molecule has 4 rings (SSSR count). The van der Waals surface area contributed by atoms with E-state index in [1.165, 1.54) is 48.5 Å². The average molecular weight is 411 g/mol. The van der Waals surface area contributed by atoms with Gasteiger partial charge in [-0.1, -0.05) is 6.07 Å². The first kappa shape index (κ1) is 18.6. The Morgan fingerprint density at radius 1 is 0.966 bits per heavy atom. The Labute approximate surface area is 167 Å². The van der Waals surface area contributed by atoms with Crippen molar-refractivity contribution in [2.75, 3.05) is 0 Å². The molecule has 0 spiro atoms. The molecular weight excluding hydrogens is 398 g/mol. The second-order valence-corrected chi connectivity index (χ2v) is 7.28. The molecule has 0 bridgehead atoms. The number of carbonyl (C=O) groups is 2. The van der Waals surface area contributed by atoms with Gasteiger partial charge in [0.1, 0.15) is 11.3 Å². The van der Waals surface area contributed by atoms with E-state index in [4.69, 9.17) is 4.42 Å². The van der Waals surface area contributed by atoms with Crippen LogP contribution in [0.3, 0.4) is 0 Å². The molecule has 0 radical (unpaired) electrons. The van der Waals surface area contributed by atoms with Crippen LogP contribution in [0.4, 0.5) is 4.79 Å². The maximum absolute atomic E-state index is 12.7. The van der Waals surface area contributed by atoms with Crippen molar-refractivity contribution < 1.29 is 29.3 Å². The molecular formula is C20H13NO7S. The van der Waals surface area contributed by atoms with E-state index >= 15 is 0 Å². The molecule has 0 atom stereocenters. The van der Waals surface area contributed by atoms with Gasteiger partial charge in [0, 0.05) is 17.5 Å². The number of aromatic hydroxyl groups is 3. The molecule has 2 heterocycles. The highest BCUT2D eigenvalue weighted by Crippen LogP contribution is 2.35. The molecule has 9 heteroatoms. The summed E-state index contributed by atoms with van der Waals surface area (Å²) >= 11 is 0.731. The summed E-state index contributed by atoms with van der Waals surface area (Å²) < 4.78 is 5.06. The molecule has 0 aliphatic carbocycles. The molecule has 146 valence electrons. The summed E-state index contributed by atoms with van der Waals surface area (Å²) in [4.78, 5) is 38.1. The molecule has 3 aromatic rings. The maximum Gasteiger partial charge on any atom is 0.336 e. The molecule has 1 aliphatic rings. The molecule has 2 amide bonds. The van der Waals surface area contributed by atoms with E-state index in [2.05, 4.69) is 0 Å². The molecule has 2 aromatic carbocycles. The van der Waals surface area contributed by atoms with Gasteiger partial charge in [-0.3, -0.25) is 14.5 Å². The lowest BCUT2D eigenvalue weighted by molar-refractivity contribution is -0.123.